The second-order valence-electron chi connectivity index (χ2n) is 6.03. The van der Waals surface area contributed by atoms with Crippen molar-refractivity contribution in [2.24, 2.45) is 5.92 Å². The van der Waals surface area contributed by atoms with Crippen molar-refractivity contribution in [3.8, 4) is 0 Å². The molecule has 1 saturated heterocycles. The molecule has 3 heteroatoms. The van der Waals surface area contributed by atoms with Crippen LogP contribution in [0.25, 0.3) is 0 Å². The minimum absolute atomic E-state index is 0.537. The largest absolute Gasteiger partial charge is 0.368 e. The Morgan fingerprint density at radius 1 is 1.35 bits per heavy atom. The van der Waals surface area contributed by atoms with Crippen LogP contribution in [-0.2, 0) is 0 Å². The van der Waals surface area contributed by atoms with Gasteiger partial charge in [0, 0.05) is 29.3 Å². The maximum absolute atomic E-state index is 6.28. The van der Waals surface area contributed by atoms with Crippen molar-refractivity contribution in [3.63, 3.8) is 0 Å². The first-order valence-corrected chi connectivity index (χ1v) is 8.19. The molecule has 0 aliphatic carbocycles. The fourth-order valence-corrected chi connectivity index (χ4v) is 3.40. The number of nitrogens with zero attached hydrogens (tertiary/aromatic N) is 1. The molecule has 1 fully saturated rings. The van der Waals surface area contributed by atoms with Gasteiger partial charge in [0.2, 0.25) is 0 Å². The Hall–Kier alpha value is -0.730. The van der Waals surface area contributed by atoms with Gasteiger partial charge >= 0.3 is 0 Å². The van der Waals surface area contributed by atoms with E-state index in [1.54, 1.807) is 0 Å². The lowest BCUT2D eigenvalue weighted by molar-refractivity contribution is 0.271. The highest BCUT2D eigenvalue weighted by atomic mass is 35.5. The average Bonchev–Trinajstić information content (AvgIpc) is 2.44. The summed E-state index contributed by atoms with van der Waals surface area (Å²) >= 11 is 6.28. The molecule has 3 atom stereocenters. The smallest absolute Gasteiger partial charge is 0.0455 e. The summed E-state index contributed by atoms with van der Waals surface area (Å²) < 4.78 is 0. The zero-order valence-electron chi connectivity index (χ0n) is 13.1. The van der Waals surface area contributed by atoms with Crippen LogP contribution in [-0.4, -0.2) is 25.2 Å². The van der Waals surface area contributed by atoms with Gasteiger partial charge in [-0.15, -0.1) is 0 Å². The monoisotopic (exact) mass is 294 g/mol. The number of piperidine rings is 1. The summed E-state index contributed by atoms with van der Waals surface area (Å²) in [5.74, 6) is 0.647. The second-order valence-corrected chi connectivity index (χ2v) is 6.43. The van der Waals surface area contributed by atoms with E-state index in [-0.39, 0.29) is 0 Å². The van der Waals surface area contributed by atoms with E-state index in [1.807, 2.05) is 6.07 Å². The predicted molar refractivity (Wildman–Crippen MR) is 88.9 cm³/mol. The van der Waals surface area contributed by atoms with Gasteiger partial charge in [-0.25, -0.2) is 0 Å². The molecule has 2 nitrogen and oxygen atoms in total. The Kier molecular flexibility index (Phi) is 5.34. The van der Waals surface area contributed by atoms with Crippen LogP contribution < -0.4 is 10.2 Å². The highest BCUT2D eigenvalue weighted by Gasteiger charge is 2.32. The Bertz CT molecular complexity index is 447. The van der Waals surface area contributed by atoms with E-state index in [2.05, 4.69) is 50.0 Å². The standard InChI is InChI=1S/C17H27ClN2/c1-5-10-19-16-9-11-20(14(4)12(16)2)17-8-6-7-15(18)13(17)3/h6-8,12,14,16,19H,5,9-11H2,1-4H3. The molecule has 1 aliphatic heterocycles. The maximum atomic E-state index is 6.28. The molecule has 20 heavy (non-hydrogen) atoms. The van der Waals surface area contributed by atoms with Gasteiger partial charge in [-0.3, -0.25) is 0 Å². The molecule has 1 aromatic rings. The lowest BCUT2D eigenvalue weighted by Gasteiger charge is -2.45. The Morgan fingerprint density at radius 2 is 2.10 bits per heavy atom. The van der Waals surface area contributed by atoms with Gasteiger partial charge in [-0.2, -0.15) is 0 Å². The van der Waals surface area contributed by atoms with Crippen molar-refractivity contribution >= 4 is 17.3 Å². The van der Waals surface area contributed by atoms with E-state index >= 15 is 0 Å². The Labute approximate surface area is 128 Å². The third kappa shape index (κ3) is 3.12. The first-order chi connectivity index (χ1) is 9.56. The second kappa shape index (κ2) is 6.82. The molecular weight excluding hydrogens is 268 g/mol. The van der Waals surface area contributed by atoms with Crippen molar-refractivity contribution in [1.29, 1.82) is 0 Å². The fourth-order valence-electron chi connectivity index (χ4n) is 3.23. The van der Waals surface area contributed by atoms with Gasteiger partial charge in [0.1, 0.15) is 0 Å². The average molecular weight is 295 g/mol. The topological polar surface area (TPSA) is 15.3 Å². The van der Waals surface area contributed by atoms with Crippen molar-refractivity contribution in [3.05, 3.63) is 28.8 Å². The van der Waals surface area contributed by atoms with E-state index in [9.17, 15) is 0 Å². The van der Waals surface area contributed by atoms with Gasteiger partial charge in [-0.05, 0) is 56.8 Å². The summed E-state index contributed by atoms with van der Waals surface area (Å²) in [6.07, 6.45) is 2.41. The highest BCUT2D eigenvalue weighted by molar-refractivity contribution is 6.31. The van der Waals surface area contributed by atoms with Crippen LogP contribution in [0.3, 0.4) is 0 Å². The quantitative estimate of drug-likeness (QED) is 0.893. The molecule has 0 aromatic heterocycles. The summed E-state index contributed by atoms with van der Waals surface area (Å²) in [6.45, 7) is 11.3. The SMILES string of the molecule is CCCNC1CCN(c2cccc(Cl)c2C)C(C)C1C. The number of anilines is 1. The highest BCUT2D eigenvalue weighted by Crippen LogP contribution is 2.33. The van der Waals surface area contributed by atoms with Gasteiger partial charge in [-0.1, -0.05) is 31.5 Å². The summed E-state index contributed by atoms with van der Waals surface area (Å²) in [7, 11) is 0. The molecule has 0 bridgehead atoms. The zero-order chi connectivity index (χ0) is 14.7. The van der Waals surface area contributed by atoms with E-state index in [0.29, 0.717) is 18.0 Å². The van der Waals surface area contributed by atoms with Crippen molar-refractivity contribution in [1.82, 2.24) is 5.32 Å². The third-order valence-corrected chi connectivity index (χ3v) is 5.18. The maximum Gasteiger partial charge on any atom is 0.0455 e. The molecule has 1 aliphatic rings. The fraction of sp³-hybridized carbons (Fsp3) is 0.647. The van der Waals surface area contributed by atoms with Gasteiger partial charge in [0.05, 0.1) is 0 Å². The van der Waals surface area contributed by atoms with Crippen LogP contribution in [0.1, 0.15) is 39.2 Å². The minimum atomic E-state index is 0.537. The molecule has 1 heterocycles. The number of benzene rings is 1. The van der Waals surface area contributed by atoms with E-state index in [0.717, 1.165) is 18.1 Å². The molecule has 0 spiro atoms. The van der Waals surface area contributed by atoms with E-state index in [4.69, 9.17) is 11.6 Å². The van der Waals surface area contributed by atoms with Crippen LogP contribution in [0.2, 0.25) is 5.02 Å². The lowest BCUT2D eigenvalue weighted by Crippen LogP contribution is -2.53. The van der Waals surface area contributed by atoms with E-state index < -0.39 is 0 Å². The third-order valence-electron chi connectivity index (χ3n) is 4.77. The van der Waals surface area contributed by atoms with Gasteiger partial charge < -0.3 is 10.2 Å². The molecule has 0 amide bonds. The van der Waals surface area contributed by atoms with Crippen LogP contribution >= 0.6 is 11.6 Å². The first kappa shape index (κ1) is 15.7. The Balaban J connectivity index is 2.14. The number of hydrogen-bond donors (Lipinski definition) is 1. The molecule has 2 rings (SSSR count). The zero-order valence-corrected chi connectivity index (χ0v) is 13.9. The molecule has 3 unspecified atom stereocenters. The van der Waals surface area contributed by atoms with Gasteiger partial charge in [0.15, 0.2) is 0 Å². The summed E-state index contributed by atoms with van der Waals surface area (Å²) in [5, 5.41) is 4.57. The van der Waals surface area contributed by atoms with Crippen molar-refractivity contribution in [2.45, 2.75) is 52.6 Å². The van der Waals surface area contributed by atoms with Crippen LogP contribution in [0.4, 0.5) is 5.69 Å². The molecule has 112 valence electrons. The molecular formula is C17H27ClN2. The summed E-state index contributed by atoms with van der Waals surface area (Å²) in [6, 6.07) is 7.41. The molecule has 1 N–H and O–H groups in total. The van der Waals surface area contributed by atoms with Crippen LogP contribution in [0.15, 0.2) is 18.2 Å². The molecule has 1 aromatic carbocycles. The van der Waals surface area contributed by atoms with Crippen molar-refractivity contribution < 1.29 is 0 Å². The Morgan fingerprint density at radius 3 is 2.80 bits per heavy atom. The number of rotatable bonds is 4. The first-order valence-electron chi connectivity index (χ1n) is 7.81. The number of hydrogen-bond acceptors (Lipinski definition) is 2. The normalized spacial score (nSPS) is 26.9. The number of halogens is 1. The predicted octanol–water partition coefficient (Wildman–Crippen LogP) is 4.25. The lowest BCUT2D eigenvalue weighted by atomic mass is 9.86. The van der Waals surface area contributed by atoms with Gasteiger partial charge in [0.25, 0.3) is 0 Å². The number of nitrogens with one attached hydrogen (secondary N) is 1. The van der Waals surface area contributed by atoms with E-state index in [1.165, 1.54) is 24.1 Å². The van der Waals surface area contributed by atoms with Crippen LogP contribution in [0.5, 0.6) is 0 Å². The van der Waals surface area contributed by atoms with Crippen molar-refractivity contribution in [2.75, 3.05) is 18.0 Å². The summed E-state index contributed by atoms with van der Waals surface area (Å²) in [5.41, 5.74) is 2.50. The van der Waals surface area contributed by atoms with Crippen LogP contribution in [0, 0.1) is 12.8 Å². The molecule has 0 saturated carbocycles. The molecule has 0 radical (unpaired) electrons. The minimum Gasteiger partial charge on any atom is -0.368 e. The summed E-state index contributed by atoms with van der Waals surface area (Å²) in [4.78, 5) is 2.52.